The number of carbonyl (C=O) groups excluding carboxylic acids is 2. The van der Waals surface area contributed by atoms with Gasteiger partial charge in [-0.15, -0.1) is 0 Å². The van der Waals surface area contributed by atoms with E-state index < -0.39 is 0 Å². The largest absolute Gasteiger partial charge is 0.394 e. The van der Waals surface area contributed by atoms with E-state index in [1.165, 1.54) is 18.9 Å². The maximum absolute atomic E-state index is 12.9. The molecule has 1 saturated heterocycles. The number of likely N-dealkylation sites (tertiary alicyclic amines) is 1. The van der Waals surface area contributed by atoms with Crippen LogP contribution in [0, 0.1) is 5.41 Å². The molecule has 2 fully saturated rings. The maximum atomic E-state index is 12.9. The minimum absolute atomic E-state index is 0.0148. The molecule has 1 atom stereocenters. The van der Waals surface area contributed by atoms with Crippen LogP contribution < -0.4 is 5.32 Å². The van der Waals surface area contributed by atoms with E-state index in [2.05, 4.69) is 11.9 Å². The van der Waals surface area contributed by atoms with Gasteiger partial charge in [0.25, 0.3) is 5.91 Å². The number of anilines is 1. The molecule has 3 rings (SSSR count). The summed E-state index contributed by atoms with van der Waals surface area (Å²) in [6, 6.07) is 6.77. The molecule has 2 N–H and O–H groups in total. The summed E-state index contributed by atoms with van der Waals surface area (Å²) < 4.78 is 0. The Morgan fingerprint density at radius 3 is 2.54 bits per heavy atom. The molecule has 1 aromatic rings. The first kappa shape index (κ1) is 16.7. The van der Waals surface area contributed by atoms with E-state index in [9.17, 15) is 14.7 Å². The second-order valence-electron chi connectivity index (χ2n) is 6.95. The van der Waals surface area contributed by atoms with E-state index in [-0.39, 0.29) is 29.9 Å². The van der Waals surface area contributed by atoms with E-state index in [1.54, 1.807) is 24.3 Å². The standard InChI is InChI=1S/C19H24N2O3/c1-2-17(23)20-15-7-5-14(6-8-15)18(24)21-13-19(9-3-4-10-19)11-16(21)12-22/h2,5-8,16,22H,1,3-4,9-13H2,(H,20,23). The third kappa shape index (κ3) is 3.22. The first-order valence-corrected chi connectivity index (χ1v) is 8.52. The fourth-order valence-corrected chi connectivity index (χ4v) is 4.11. The number of aliphatic hydroxyl groups is 1. The van der Waals surface area contributed by atoms with Gasteiger partial charge in [0.2, 0.25) is 5.91 Å². The molecular formula is C19H24N2O3. The Hall–Kier alpha value is -2.14. The van der Waals surface area contributed by atoms with Crippen LogP contribution in [-0.2, 0) is 4.79 Å². The highest BCUT2D eigenvalue weighted by atomic mass is 16.3. The first-order valence-electron chi connectivity index (χ1n) is 8.52. The minimum atomic E-state index is -0.280. The number of rotatable bonds is 4. The Morgan fingerprint density at radius 1 is 1.29 bits per heavy atom. The van der Waals surface area contributed by atoms with E-state index in [4.69, 9.17) is 0 Å². The van der Waals surface area contributed by atoms with Gasteiger partial charge in [0, 0.05) is 17.8 Å². The molecule has 1 saturated carbocycles. The van der Waals surface area contributed by atoms with Crippen molar-refractivity contribution in [3.05, 3.63) is 42.5 Å². The molecule has 0 bridgehead atoms. The predicted octanol–water partition coefficient (Wildman–Crippen LogP) is 2.58. The molecule has 2 aliphatic rings. The molecule has 128 valence electrons. The summed E-state index contributed by atoms with van der Waals surface area (Å²) in [6.07, 6.45) is 6.86. The van der Waals surface area contributed by atoms with Gasteiger partial charge in [0.1, 0.15) is 0 Å². The average molecular weight is 328 g/mol. The molecule has 1 aromatic carbocycles. The van der Waals surface area contributed by atoms with Crippen LogP contribution in [0.5, 0.6) is 0 Å². The van der Waals surface area contributed by atoms with Gasteiger partial charge in [0.05, 0.1) is 12.6 Å². The van der Waals surface area contributed by atoms with Crippen LogP contribution in [0.3, 0.4) is 0 Å². The number of nitrogens with one attached hydrogen (secondary N) is 1. The van der Waals surface area contributed by atoms with E-state index >= 15 is 0 Å². The number of hydrogen-bond donors (Lipinski definition) is 2. The van der Waals surface area contributed by atoms with Gasteiger partial charge in [-0.3, -0.25) is 9.59 Å². The lowest BCUT2D eigenvalue weighted by molar-refractivity contribution is -0.111. The third-order valence-corrected chi connectivity index (χ3v) is 5.34. The number of nitrogens with zero attached hydrogens (tertiary/aromatic N) is 1. The van der Waals surface area contributed by atoms with Crippen molar-refractivity contribution in [2.24, 2.45) is 5.41 Å². The molecule has 1 spiro atoms. The van der Waals surface area contributed by atoms with Crippen molar-refractivity contribution in [3.63, 3.8) is 0 Å². The monoisotopic (exact) mass is 328 g/mol. The third-order valence-electron chi connectivity index (χ3n) is 5.34. The predicted molar refractivity (Wildman–Crippen MR) is 92.7 cm³/mol. The van der Waals surface area contributed by atoms with Gasteiger partial charge in [0.15, 0.2) is 0 Å². The number of aliphatic hydroxyl groups excluding tert-OH is 1. The quantitative estimate of drug-likeness (QED) is 0.835. The zero-order valence-electron chi connectivity index (χ0n) is 13.8. The molecule has 1 heterocycles. The van der Waals surface area contributed by atoms with Crippen molar-refractivity contribution < 1.29 is 14.7 Å². The summed E-state index contributed by atoms with van der Waals surface area (Å²) in [7, 11) is 0. The van der Waals surface area contributed by atoms with Crippen molar-refractivity contribution in [2.45, 2.75) is 38.1 Å². The number of hydrogen-bond acceptors (Lipinski definition) is 3. The summed E-state index contributed by atoms with van der Waals surface area (Å²) >= 11 is 0. The molecule has 1 aliphatic heterocycles. The molecule has 0 radical (unpaired) electrons. The lowest BCUT2D eigenvalue weighted by Gasteiger charge is -2.24. The van der Waals surface area contributed by atoms with Gasteiger partial charge in [-0.25, -0.2) is 0 Å². The smallest absolute Gasteiger partial charge is 0.254 e. The molecule has 1 aliphatic carbocycles. The summed E-state index contributed by atoms with van der Waals surface area (Å²) in [5.41, 5.74) is 1.42. The zero-order valence-corrected chi connectivity index (χ0v) is 13.8. The number of benzene rings is 1. The Morgan fingerprint density at radius 2 is 1.96 bits per heavy atom. The SMILES string of the molecule is C=CC(=O)Nc1ccc(C(=O)N2CC3(CCCC3)CC2CO)cc1. The fourth-order valence-electron chi connectivity index (χ4n) is 4.11. The molecule has 0 aromatic heterocycles. The first-order chi connectivity index (χ1) is 11.6. The van der Waals surface area contributed by atoms with Crippen molar-refractivity contribution in [2.75, 3.05) is 18.5 Å². The molecule has 1 unspecified atom stereocenters. The molecule has 24 heavy (non-hydrogen) atoms. The second kappa shape index (κ2) is 6.77. The molecule has 5 nitrogen and oxygen atoms in total. The van der Waals surface area contributed by atoms with Crippen LogP contribution >= 0.6 is 0 Å². The highest BCUT2D eigenvalue weighted by Gasteiger charge is 2.46. The van der Waals surface area contributed by atoms with Crippen molar-refractivity contribution in [1.82, 2.24) is 4.90 Å². The summed E-state index contributed by atoms with van der Waals surface area (Å²) in [4.78, 5) is 26.0. The van der Waals surface area contributed by atoms with Gasteiger partial charge < -0.3 is 15.3 Å². The molecule has 5 heteroatoms. The Balaban J connectivity index is 1.73. The van der Waals surface area contributed by atoms with E-state index in [0.29, 0.717) is 11.3 Å². The van der Waals surface area contributed by atoms with E-state index in [0.717, 1.165) is 25.8 Å². The number of carbonyl (C=O) groups is 2. The number of amides is 2. The van der Waals surface area contributed by atoms with Crippen molar-refractivity contribution in [1.29, 1.82) is 0 Å². The maximum Gasteiger partial charge on any atom is 0.254 e. The van der Waals surface area contributed by atoms with Gasteiger partial charge in [-0.05, 0) is 55.0 Å². The molecule has 2 amide bonds. The van der Waals surface area contributed by atoms with Crippen LogP contribution in [0.2, 0.25) is 0 Å². The Kier molecular flexibility index (Phi) is 4.71. The molecular weight excluding hydrogens is 304 g/mol. The van der Waals surface area contributed by atoms with E-state index in [1.807, 2.05) is 4.90 Å². The summed E-state index contributed by atoms with van der Waals surface area (Å²) in [5, 5.41) is 12.4. The highest BCUT2D eigenvalue weighted by Crippen LogP contribution is 2.47. The van der Waals surface area contributed by atoms with Crippen LogP contribution in [0.15, 0.2) is 36.9 Å². The highest BCUT2D eigenvalue weighted by molar-refractivity contribution is 5.99. The van der Waals surface area contributed by atoms with Crippen molar-refractivity contribution >= 4 is 17.5 Å². The average Bonchev–Trinajstić information content (AvgIpc) is 3.22. The van der Waals surface area contributed by atoms with Gasteiger partial charge in [-0.1, -0.05) is 19.4 Å². The Labute approximate surface area is 142 Å². The summed E-state index contributed by atoms with van der Waals surface area (Å²) in [5.74, 6) is -0.323. The zero-order chi connectivity index (χ0) is 17.2. The van der Waals surface area contributed by atoms with Crippen LogP contribution in [0.4, 0.5) is 5.69 Å². The van der Waals surface area contributed by atoms with Crippen LogP contribution in [0.25, 0.3) is 0 Å². The lowest BCUT2D eigenvalue weighted by atomic mass is 9.84. The van der Waals surface area contributed by atoms with Gasteiger partial charge in [-0.2, -0.15) is 0 Å². The van der Waals surface area contributed by atoms with Crippen molar-refractivity contribution in [3.8, 4) is 0 Å². The van der Waals surface area contributed by atoms with Crippen LogP contribution in [0.1, 0.15) is 42.5 Å². The normalized spacial score (nSPS) is 21.9. The van der Waals surface area contributed by atoms with Crippen LogP contribution in [-0.4, -0.2) is 41.0 Å². The second-order valence-corrected chi connectivity index (χ2v) is 6.95. The minimum Gasteiger partial charge on any atom is -0.394 e. The topological polar surface area (TPSA) is 69.6 Å². The fraction of sp³-hybridized carbons (Fsp3) is 0.474. The summed E-state index contributed by atoms with van der Waals surface area (Å²) in [6.45, 7) is 4.17. The van der Waals surface area contributed by atoms with Gasteiger partial charge >= 0.3 is 0 Å². The lowest BCUT2D eigenvalue weighted by Crippen LogP contribution is -2.38. The Bertz CT molecular complexity index is 633.